The number of aliphatic carboxylic acids is 1. The van der Waals surface area contributed by atoms with E-state index in [0.29, 0.717) is 17.9 Å². The molecule has 20 heavy (non-hydrogen) atoms. The van der Waals surface area contributed by atoms with Crippen molar-refractivity contribution in [1.29, 1.82) is 5.26 Å². The van der Waals surface area contributed by atoms with Crippen LogP contribution in [0, 0.1) is 11.3 Å². The Balaban J connectivity index is 2.10. The minimum Gasteiger partial charge on any atom is -0.480 e. The van der Waals surface area contributed by atoms with Gasteiger partial charge in [0.1, 0.15) is 0 Å². The maximum absolute atomic E-state index is 12.1. The highest BCUT2D eigenvalue weighted by Crippen LogP contribution is 2.13. The molecule has 104 valence electrons. The first-order valence-electron chi connectivity index (χ1n) is 6.00. The van der Waals surface area contributed by atoms with E-state index < -0.39 is 18.0 Å². The molecule has 2 amide bonds. The lowest BCUT2D eigenvalue weighted by atomic mass is 10.2. The maximum Gasteiger partial charge on any atom is 0.328 e. The van der Waals surface area contributed by atoms with Gasteiger partial charge < -0.3 is 20.1 Å². The van der Waals surface area contributed by atoms with E-state index in [4.69, 9.17) is 15.1 Å². The van der Waals surface area contributed by atoms with Crippen molar-refractivity contribution in [3.63, 3.8) is 0 Å². The number of ether oxygens (including phenoxy) is 1. The molecular weight excluding hydrogens is 262 g/mol. The zero-order valence-electron chi connectivity index (χ0n) is 10.6. The van der Waals surface area contributed by atoms with Crippen molar-refractivity contribution in [3.8, 4) is 6.07 Å². The van der Waals surface area contributed by atoms with Crippen LogP contribution in [0.15, 0.2) is 24.3 Å². The van der Waals surface area contributed by atoms with Crippen molar-refractivity contribution in [2.24, 2.45) is 0 Å². The van der Waals surface area contributed by atoms with E-state index in [1.165, 1.54) is 11.0 Å². The van der Waals surface area contributed by atoms with Gasteiger partial charge in [0.15, 0.2) is 6.04 Å². The Labute approximate surface area is 115 Å². The predicted molar refractivity (Wildman–Crippen MR) is 69.1 cm³/mol. The number of rotatable bonds is 2. The first-order valence-corrected chi connectivity index (χ1v) is 6.00. The molecule has 0 aromatic heterocycles. The summed E-state index contributed by atoms with van der Waals surface area (Å²) in [6.45, 7) is 0.483. The number of morpholine rings is 1. The first-order chi connectivity index (χ1) is 9.61. The van der Waals surface area contributed by atoms with E-state index in [0.717, 1.165) is 0 Å². The van der Waals surface area contributed by atoms with Gasteiger partial charge in [0.25, 0.3) is 0 Å². The average molecular weight is 275 g/mol. The number of carbonyl (C=O) groups excluding carboxylic acids is 1. The number of urea groups is 1. The number of amides is 2. The molecule has 0 spiro atoms. The van der Waals surface area contributed by atoms with E-state index in [9.17, 15) is 9.59 Å². The molecule has 1 aliphatic heterocycles. The number of carboxylic acids is 1. The van der Waals surface area contributed by atoms with Crippen molar-refractivity contribution >= 4 is 17.7 Å². The Morgan fingerprint density at radius 3 is 3.00 bits per heavy atom. The molecule has 1 heterocycles. The second kappa shape index (κ2) is 6.04. The van der Waals surface area contributed by atoms with Crippen molar-refractivity contribution in [2.45, 2.75) is 6.04 Å². The zero-order valence-corrected chi connectivity index (χ0v) is 10.6. The van der Waals surface area contributed by atoms with Crippen LogP contribution in [-0.4, -0.2) is 47.8 Å². The van der Waals surface area contributed by atoms with E-state index >= 15 is 0 Å². The Morgan fingerprint density at radius 1 is 1.50 bits per heavy atom. The summed E-state index contributed by atoms with van der Waals surface area (Å²) in [5, 5.41) is 20.4. The number of nitrogens with one attached hydrogen (secondary N) is 1. The zero-order chi connectivity index (χ0) is 14.5. The molecule has 7 heteroatoms. The SMILES string of the molecule is N#Cc1cccc(NC(=O)N2CCOCC2C(=O)O)c1. The van der Waals surface area contributed by atoms with Gasteiger partial charge in [0, 0.05) is 12.2 Å². The van der Waals surface area contributed by atoms with Gasteiger partial charge in [-0.2, -0.15) is 5.26 Å². The van der Waals surface area contributed by atoms with Crippen LogP contribution in [-0.2, 0) is 9.53 Å². The Bertz CT molecular complexity index is 567. The van der Waals surface area contributed by atoms with E-state index in [1.54, 1.807) is 18.2 Å². The number of nitrogens with zero attached hydrogens (tertiary/aromatic N) is 2. The molecule has 1 aliphatic rings. The summed E-state index contributed by atoms with van der Waals surface area (Å²) in [5.74, 6) is -1.11. The fraction of sp³-hybridized carbons (Fsp3) is 0.308. The lowest BCUT2D eigenvalue weighted by Gasteiger charge is -2.32. The minimum absolute atomic E-state index is 0.0268. The second-order valence-electron chi connectivity index (χ2n) is 4.25. The van der Waals surface area contributed by atoms with Gasteiger partial charge in [-0.05, 0) is 18.2 Å². The van der Waals surface area contributed by atoms with Gasteiger partial charge in [-0.3, -0.25) is 0 Å². The molecule has 1 aromatic carbocycles. The number of hydrogen-bond acceptors (Lipinski definition) is 4. The molecule has 1 saturated heterocycles. The summed E-state index contributed by atoms with van der Waals surface area (Å²) in [6.07, 6.45) is 0. The third kappa shape index (κ3) is 3.05. The van der Waals surface area contributed by atoms with Gasteiger partial charge in [0.2, 0.25) is 0 Å². The highest BCUT2D eigenvalue weighted by atomic mass is 16.5. The number of carboxylic acid groups (broad SMARTS) is 1. The van der Waals surface area contributed by atoms with Crippen LogP contribution in [0.4, 0.5) is 10.5 Å². The third-order valence-electron chi connectivity index (χ3n) is 2.92. The second-order valence-corrected chi connectivity index (χ2v) is 4.25. The summed E-state index contributed by atoms with van der Waals surface area (Å²) in [6, 6.07) is 6.87. The number of nitriles is 1. The molecule has 0 radical (unpaired) electrons. The highest BCUT2D eigenvalue weighted by Gasteiger charge is 2.32. The molecule has 7 nitrogen and oxygen atoms in total. The quantitative estimate of drug-likeness (QED) is 0.833. The molecule has 2 N–H and O–H groups in total. The molecule has 0 bridgehead atoms. The third-order valence-corrected chi connectivity index (χ3v) is 2.92. The van der Waals surface area contributed by atoms with Crippen molar-refractivity contribution < 1.29 is 19.4 Å². The van der Waals surface area contributed by atoms with E-state index in [2.05, 4.69) is 5.32 Å². The molecule has 1 aromatic rings. The van der Waals surface area contributed by atoms with Gasteiger partial charge in [-0.1, -0.05) is 6.07 Å². The number of anilines is 1. The van der Waals surface area contributed by atoms with E-state index in [1.807, 2.05) is 6.07 Å². The first kappa shape index (κ1) is 13.8. The lowest BCUT2D eigenvalue weighted by molar-refractivity contribution is -0.147. The van der Waals surface area contributed by atoms with E-state index in [-0.39, 0.29) is 13.2 Å². The predicted octanol–water partition coefficient (Wildman–Crippen LogP) is 0.876. The van der Waals surface area contributed by atoms with Crippen LogP contribution < -0.4 is 5.32 Å². The number of hydrogen-bond donors (Lipinski definition) is 2. The normalized spacial score (nSPS) is 18.1. The van der Waals surface area contributed by atoms with Gasteiger partial charge in [-0.15, -0.1) is 0 Å². The van der Waals surface area contributed by atoms with Crippen LogP contribution in [0.25, 0.3) is 0 Å². The fourth-order valence-corrected chi connectivity index (χ4v) is 1.91. The Morgan fingerprint density at radius 2 is 2.30 bits per heavy atom. The Kier molecular flexibility index (Phi) is 4.17. The number of carbonyl (C=O) groups is 2. The van der Waals surface area contributed by atoms with Crippen molar-refractivity contribution in [1.82, 2.24) is 4.90 Å². The molecule has 1 fully saturated rings. The summed E-state index contributed by atoms with van der Waals surface area (Å²) < 4.78 is 5.06. The highest BCUT2D eigenvalue weighted by molar-refractivity contribution is 5.92. The average Bonchev–Trinajstić information content (AvgIpc) is 2.47. The molecule has 1 atom stereocenters. The number of benzene rings is 1. The fourth-order valence-electron chi connectivity index (χ4n) is 1.91. The van der Waals surface area contributed by atoms with Gasteiger partial charge in [0.05, 0.1) is 24.8 Å². The van der Waals surface area contributed by atoms with Crippen LogP contribution in [0.5, 0.6) is 0 Å². The largest absolute Gasteiger partial charge is 0.480 e. The van der Waals surface area contributed by atoms with Crippen LogP contribution >= 0.6 is 0 Å². The Hall–Kier alpha value is -2.59. The van der Waals surface area contributed by atoms with Crippen LogP contribution in [0.3, 0.4) is 0 Å². The topological polar surface area (TPSA) is 103 Å². The van der Waals surface area contributed by atoms with Crippen LogP contribution in [0.2, 0.25) is 0 Å². The summed E-state index contributed by atoms with van der Waals surface area (Å²) in [5.41, 5.74) is 0.865. The summed E-state index contributed by atoms with van der Waals surface area (Å²) in [4.78, 5) is 24.4. The molecule has 1 unspecified atom stereocenters. The molecular formula is C13H13N3O4. The monoisotopic (exact) mass is 275 g/mol. The van der Waals surface area contributed by atoms with Gasteiger partial charge >= 0.3 is 12.0 Å². The summed E-state index contributed by atoms with van der Waals surface area (Å²) >= 11 is 0. The van der Waals surface area contributed by atoms with Crippen LogP contribution in [0.1, 0.15) is 5.56 Å². The van der Waals surface area contributed by atoms with Crippen molar-refractivity contribution in [2.75, 3.05) is 25.1 Å². The minimum atomic E-state index is -1.11. The standard InChI is InChI=1S/C13H13N3O4/c14-7-9-2-1-3-10(6-9)15-13(19)16-4-5-20-8-11(16)12(17)18/h1-3,6,11H,4-5,8H2,(H,15,19)(H,17,18). The maximum atomic E-state index is 12.1. The molecule has 0 aliphatic carbocycles. The lowest BCUT2D eigenvalue weighted by Crippen LogP contribution is -2.53. The van der Waals surface area contributed by atoms with Gasteiger partial charge in [-0.25, -0.2) is 9.59 Å². The summed E-state index contributed by atoms with van der Waals surface area (Å²) in [7, 11) is 0. The van der Waals surface area contributed by atoms with Crippen molar-refractivity contribution in [3.05, 3.63) is 29.8 Å². The smallest absolute Gasteiger partial charge is 0.328 e. The molecule has 0 saturated carbocycles. The molecule has 2 rings (SSSR count).